The maximum atomic E-state index is 12.3. The molecule has 3 rings (SSSR count). The molecule has 0 unspecified atom stereocenters. The first-order valence-electron chi connectivity index (χ1n) is 6.28. The van der Waals surface area contributed by atoms with Gasteiger partial charge in [0, 0.05) is 27.2 Å². The Morgan fingerprint density at radius 2 is 2.00 bits per heavy atom. The predicted octanol–water partition coefficient (Wildman–Crippen LogP) is 4.72. The molecule has 0 saturated heterocycles. The summed E-state index contributed by atoms with van der Waals surface area (Å²) in [6.45, 7) is 0. The van der Waals surface area contributed by atoms with Gasteiger partial charge in [-0.1, -0.05) is 29.8 Å². The molecule has 1 N–H and O–H groups in total. The van der Waals surface area contributed by atoms with E-state index in [2.05, 4.69) is 5.32 Å². The minimum absolute atomic E-state index is 0.0315. The second-order valence-corrected chi connectivity index (χ2v) is 5.84. The zero-order valence-electron chi connectivity index (χ0n) is 11.1. The number of hydrogen-bond donors (Lipinski definition) is 1. The molecule has 0 fully saturated rings. The average Bonchev–Trinajstić information content (AvgIpc) is 2.93. The van der Waals surface area contributed by atoms with Crippen molar-refractivity contribution in [2.24, 2.45) is 0 Å². The number of anilines is 1. The Morgan fingerprint density at radius 3 is 2.77 bits per heavy atom. The standard InChI is InChI=1S/C15H9ClN2O3S/c16-12-6-5-9(7-13(12)18(20)21)17-15(19)11-8-22-14-4-2-1-3-10(11)14/h1-8H,(H,17,19). The lowest BCUT2D eigenvalue weighted by Gasteiger charge is -2.05. The fraction of sp³-hybridized carbons (Fsp3) is 0. The van der Waals surface area contributed by atoms with Crippen LogP contribution in [-0.4, -0.2) is 10.8 Å². The number of carbonyl (C=O) groups is 1. The van der Waals surface area contributed by atoms with Gasteiger partial charge in [-0.25, -0.2) is 0 Å². The first-order chi connectivity index (χ1) is 10.6. The molecule has 0 bridgehead atoms. The Labute approximate surface area is 134 Å². The number of benzene rings is 2. The summed E-state index contributed by atoms with van der Waals surface area (Å²) >= 11 is 7.23. The maximum absolute atomic E-state index is 12.3. The summed E-state index contributed by atoms with van der Waals surface area (Å²) in [7, 11) is 0. The van der Waals surface area contributed by atoms with Crippen molar-refractivity contribution >= 4 is 50.3 Å². The van der Waals surface area contributed by atoms with Crippen LogP contribution in [0.2, 0.25) is 5.02 Å². The summed E-state index contributed by atoms with van der Waals surface area (Å²) in [5, 5.41) is 16.2. The molecule has 5 nitrogen and oxygen atoms in total. The molecule has 1 heterocycles. The number of nitrogens with zero attached hydrogens (tertiary/aromatic N) is 1. The molecule has 0 aliphatic carbocycles. The minimum Gasteiger partial charge on any atom is -0.322 e. The van der Waals surface area contributed by atoms with Crippen molar-refractivity contribution in [3.8, 4) is 0 Å². The highest BCUT2D eigenvalue weighted by atomic mass is 35.5. The summed E-state index contributed by atoms with van der Waals surface area (Å²) in [4.78, 5) is 22.6. The van der Waals surface area contributed by atoms with Crippen molar-refractivity contribution < 1.29 is 9.72 Å². The Morgan fingerprint density at radius 1 is 1.23 bits per heavy atom. The summed E-state index contributed by atoms with van der Waals surface area (Å²) in [5.41, 5.74) is 0.629. The number of fused-ring (bicyclic) bond motifs is 1. The first-order valence-corrected chi connectivity index (χ1v) is 7.53. The van der Waals surface area contributed by atoms with E-state index in [0.717, 1.165) is 10.1 Å². The lowest BCUT2D eigenvalue weighted by atomic mass is 10.1. The zero-order chi connectivity index (χ0) is 15.7. The Kier molecular flexibility index (Phi) is 3.79. The van der Waals surface area contributed by atoms with E-state index >= 15 is 0 Å². The molecule has 1 amide bonds. The molecule has 2 aromatic carbocycles. The van der Waals surface area contributed by atoms with E-state index in [0.29, 0.717) is 11.3 Å². The fourth-order valence-corrected chi connectivity index (χ4v) is 3.21. The summed E-state index contributed by atoms with van der Waals surface area (Å²) < 4.78 is 1.01. The second-order valence-electron chi connectivity index (χ2n) is 4.52. The van der Waals surface area contributed by atoms with Crippen molar-refractivity contribution in [1.29, 1.82) is 0 Å². The van der Waals surface area contributed by atoms with Crippen molar-refractivity contribution in [1.82, 2.24) is 0 Å². The van der Waals surface area contributed by atoms with Crippen LogP contribution in [0, 0.1) is 10.1 Å². The fourth-order valence-electron chi connectivity index (χ4n) is 2.08. The molecule has 3 aromatic rings. The molecule has 0 aliphatic heterocycles. The van der Waals surface area contributed by atoms with Crippen molar-refractivity contribution in [2.45, 2.75) is 0 Å². The number of carbonyl (C=O) groups excluding carboxylic acids is 1. The maximum Gasteiger partial charge on any atom is 0.289 e. The average molecular weight is 333 g/mol. The van der Waals surface area contributed by atoms with Gasteiger partial charge in [-0.3, -0.25) is 14.9 Å². The van der Waals surface area contributed by atoms with Crippen LogP contribution in [-0.2, 0) is 0 Å². The molecule has 0 aliphatic rings. The third-order valence-corrected chi connectivity index (χ3v) is 4.41. The van der Waals surface area contributed by atoms with E-state index < -0.39 is 4.92 Å². The van der Waals surface area contributed by atoms with Gasteiger partial charge in [0.05, 0.1) is 10.5 Å². The summed E-state index contributed by atoms with van der Waals surface area (Å²) in [6, 6.07) is 11.7. The predicted molar refractivity (Wildman–Crippen MR) is 87.9 cm³/mol. The van der Waals surface area contributed by atoms with Gasteiger partial charge in [0.15, 0.2) is 0 Å². The molecular formula is C15H9ClN2O3S. The van der Waals surface area contributed by atoms with Gasteiger partial charge in [0.2, 0.25) is 0 Å². The van der Waals surface area contributed by atoms with Crippen LogP contribution in [0.3, 0.4) is 0 Å². The number of nitro groups is 1. The van der Waals surface area contributed by atoms with E-state index in [4.69, 9.17) is 11.6 Å². The first kappa shape index (κ1) is 14.5. The minimum atomic E-state index is -0.585. The Bertz CT molecular complexity index is 891. The number of nitro benzene ring substituents is 1. The van der Waals surface area contributed by atoms with Gasteiger partial charge in [0.1, 0.15) is 5.02 Å². The highest BCUT2D eigenvalue weighted by Gasteiger charge is 2.16. The van der Waals surface area contributed by atoms with E-state index in [1.54, 1.807) is 5.38 Å². The number of halogens is 1. The lowest BCUT2D eigenvalue weighted by Crippen LogP contribution is -2.11. The SMILES string of the molecule is O=C(Nc1ccc(Cl)c([N+](=O)[O-])c1)c1csc2ccccc12. The normalized spacial score (nSPS) is 10.6. The van der Waals surface area contributed by atoms with E-state index in [9.17, 15) is 14.9 Å². The van der Waals surface area contributed by atoms with Gasteiger partial charge in [0.25, 0.3) is 11.6 Å². The van der Waals surface area contributed by atoms with Crippen LogP contribution in [0.4, 0.5) is 11.4 Å². The zero-order valence-corrected chi connectivity index (χ0v) is 12.6. The van der Waals surface area contributed by atoms with Crippen LogP contribution >= 0.6 is 22.9 Å². The monoisotopic (exact) mass is 332 g/mol. The Balaban J connectivity index is 1.91. The summed E-state index contributed by atoms with van der Waals surface area (Å²) in [5.74, 6) is -0.311. The van der Waals surface area contributed by atoms with Crippen LogP contribution in [0.25, 0.3) is 10.1 Å². The van der Waals surface area contributed by atoms with Crippen LogP contribution in [0.15, 0.2) is 47.8 Å². The smallest absolute Gasteiger partial charge is 0.289 e. The quantitative estimate of drug-likeness (QED) is 0.557. The summed E-state index contributed by atoms with van der Waals surface area (Å²) in [6.07, 6.45) is 0. The Hall–Kier alpha value is -2.44. The third-order valence-electron chi connectivity index (χ3n) is 3.13. The largest absolute Gasteiger partial charge is 0.322 e. The molecule has 0 atom stereocenters. The van der Waals surface area contributed by atoms with E-state index in [1.165, 1.54) is 29.5 Å². The molecule has 0 saturated carbocycles. The number of hydrogen-bond acceptors (Lipinski definition) is 4. The molecule has 0 spiro atoms. The van der Waals surface area contributed by atoms with Gasteiger partial charge in [-0.05, 0) is 18.2 Å². The van der Waals surface area contributed by atoms with Crippen molar-refractivity contribution in [3.05, 3.63) is 68.5 Å². The number of rotatable bonds is 3. The molecule has 1 aromatic heterocycles. The van der Waals surface area contributed by atoms with Crippen molar-refractivity contribution in [2.75, 3.05) is 5.32 Å². The van der Waals surface area contributed by atoms with E-state index in [-0.39, 0.29) is 16.6 Å². The second kappa shape index (κ2) is 5.75. The third kappa shape index (κ3) is 2.66. The lowest BCUT2D eigenvalue weighted by molar-refractivity contribution is -0.384. The van der Waals surface area contributed by atoms with Gasteiger partial charge in [-0.2, -0.15) is 0 Å². The molecule has 0 radical (unpaired) electrons. The van der Waals surface area contributed by atoms with E-state index in [1.807, 2.05) is 24.3 Å². The van der Waals surface area contributed by atoms with Gasteiger partial charge in [-0.15, -0.1) is 11.3 Å². The molecular weight excluding hydrogens is 324 g/mol. The number of amides is 1. The van der Waals surface area contributed by atoms with Crippen LogP contribution in [0.5, 0.6) is 0 Å². The van der Waals surface area contributed by atoms with Gasteiger partial charge < -0.3 is 5.32 Å². The number of nitrogens with one attached hydrogen (secondary N) is 1. The van der Waals surface area contributed by atoms with Crippen molar-refractivity contribution in [3.63, 3.8) is 0 Å². The van der Waals surface area contributed by atoms with Gasteiger partial charge >= 0.3 is 0 Å². The molecule has 22 heavy (non-hydrogen) atoms. The topological polar surface area (TPSA) is 72.2 Å². The highest BCUT2D eigenvalue weighted by Crippen LogP contribution is 2.29. The molecule has 7 heteroatoms. The highest BCUT2D eigenvalue weighted by molar-refractivity contribution is 7.17. The van der Waals surface area contributed by atoms with Crippen LogP contribution in [0.1, 0.15) is 10.4 Å². The molecule has 110 valence electrons. The number of thiophene rings is 1. The van der Waals surface area contributed by atoms with Crippen LogP contribution < -0.4 is 5.32 Å².